The number of aromatic carboxylic acids is 1. The predicted octanol–water partition coefficient (Wildman–Crippen LogP) is 2.84. The molecule has 4 rings (SSSR count). The van der Waals surface area contributed by atoms with Gasteiger partial charge in [-0.25, -0.2) is 4.79 Å². The monoisotopic (exact) mass is 312 g/mol. The van der Waals surface area contributed by atoms with Crippen LogP contribution >= 0.6 is 0 Å². The molecule has 114 valence electrons. The minimum atomic E-state index is -3.98. The molecule has 2 aliphatic rings. The van der Waals surface area contributed by atoms with Crippen molar-refractivity contribution >= 4 is 24.7 Å². The quantitative estimate of drug-likeness (QED) is 0.867. The molecule has 0 saturated heterocycles. The number of aromatic nitrogens is 1. The van der Waals surface area contributed by atoms with Gasteiger partial charge in [-0.05, 0) is 24.4 Å². The van der Waals surface area contributed by atoms with E-state index in [-0.39, 0.29) is 5.56 Å². The Morgan fingerprint density at radius 1 is 1.17 bits per heavy atom. The van der Waals surface area contributed by atoms with Crippen molar-refractivity contribution in [3.05, 3.63) is 77.3 Å². The average Bonchev–Trinajstić information content (AvgIpc) is 3.17. The summed E-state index contributed by atoms with van der Waals surface area (Å²) in [4.78, 5) is 11.5. The number of carboxylic acids is 1. The topological polar surface area (TPSA) is 45.2 Å². The number of hydrogen-bond donors (Lipinski definition) is 1. The number of carbonyl (C=O) groups is 1. The summed E-state index contributed by atoms with van der Waals surface area (Å²) >= 11 is 0. The van der Waals surface area contributed by atoms with E-state index in [2.05, 4.69) is 0 Å². The molecule has 23 heavy (non-hydrogen) atoms. The van der Waals surface area contributed by atoms with Gasteiger partial charge < -0.3 is 22.7 Å². The molecule has 7 heteroatoms. The third-order valence-electron chi connectivity index (χ3n) is 4.17. The number of rotatable bonds is 2. The van der Waals surface area contributed by atoms with E-state index in [1.807, 2.05) is 0 Å². The van der Waals surface area contributed by atoms with Crippen LogP contribution in [0, 0.1) is 0 Å². The Kier molecular flexibility index (Phi) is 2.69. The smallest absolute Gasteiger partial charge is 0.478 e. The van der Waals surface area contributed by atoms with Crippen molar-refractivity contribution in [1.29, 1.82) is 0 Å². The summed E-state index contributed by atoms with van der Waals surface area (Å²) in [6.45, 7) is -3.98. The van der Waals surface area contributed by atoms with Crippen molar-refractivity contribution in [1.82, 2.24) is 4.48 Å². The van der Waals surface area contributed by atoms with Crippen molar-refractivity contribution in [3.8, 4) is 0 Å². The molecule has 0 unspecified atom stereocenters. The minimum absolute atomic E-state index is 0.0840. The maximum atomic E-state index is 14.7. The van der Waals surface area contributed by atoms with Gasteiger partial charge in [0.05, 0.1) is 11.1 Å². The number of halogens is 2. The van der Waals surface area contributed by atoms with Crippen LogP contribution < -0.4 is 0 Å². The molecule has 0 saturated carbocycles. The summed E-state index contributed by atoms with van der Waals surface area (Å²) in [6.07, 6.45) is 5.77. The molecule has 1 N–H and O–H groups in total. The van der Waals surface area contributed by atoms with E-state index in [1.54, 1.807) is 42.5 Å². The molecule has 1 aromatic heterocycles. The van der Waals surface area contributed by atoms with Crippen molar-refractivity contribution in [2.75, 3.05) is 0 Å². The fraction of sp³-hybridized carbons (Fsp3) is 0. The van der Waals surface area contributed by atoms with E-state index in [4.69, 9.17) is 0 Å². The summed E-state index contributed by atoms with van der Waals surface area (Å²) in [5.74, 6) is -1.09. The molecular weight excluding hydrogens is 301 g/mol. The predicted molar refractivity (Wildman–Crippen MR) is 82.7 cm³/mol. The van der Waals surface area contributed by atoms with E-state index < -0.39 is 12.9 Å². The van der Waals surface area contributed by atoms with Crippen LogP contribution in [-0.4, -0.2) is 33.2 Å². The van der Waals surface area contributed by atoms with E-state index in [0.29, 0.717) is 22.5 Å². The number of carboxylic acid groups (broad SMARTS) is 1. The summed E-state index contributed by atoms with van der Waals surface area (Å²) in [5, 5.41) is 9.42. The third kappa shape index (κ3) is 1.76. The molecule has 3 heterocycles. The van der Waals surface area contributed by atoms with Crippen LogP contribution in [0.1, 0.15) is 21.6 Å². The lowest BCUT2D eigenvalue weighted by atomic mass is 9.85. The molecule has 4 nitrogen and oxygen atoms in total. The van der Waals surface area contributed by atoms with E-state index in [1.165, 1.54) is 18.5 Å². The fourth-order valence-electron chi connectivity index (χ4n) is 3.18. The van der Waals surface area contributed by atoms with Gasteiger partial charge in [-0.15, -0.1) is 0 Å². The maximum absolute atomic E-state index is 14.7. The standard InChI is InChI=1S/C16H11BF2N2O2/c18-17(19)20-9-3-7-13(20)15(14-8-4-10-21(14)17)11-5-1-2-6-12(11)16(22)23/h1-10H,(H,22,23). The Morgan fingerprint density at radius 2 is 1.96 bits per heavy atom. The zero-order valence-electron chi connectivity index (χ0n) is 11.9. The maximum Gasteiger partial charge on any atom is 0.737 e. The average molecular weight is 312 g/mol. The third-order valence-corrected chi connectivity index (χ3v) is 4.17. The number of nitrogens with zero attached hydrogens (tertiary/aromatic N) is 2. The normalized spacial score (nSPS) is 17.7. The molecule has 0 spiro atoms. The first kappa shape index (κ1) is 13.7. The van der Waals surface area contributed by atoms with Gasteiger partial charge in [-0.2, -0.15) is 0 Å². The molecule has 0 radical (unpaired) electrons. The van der Waals surface area contributed by atoms with Crippen LogP contribution in [0.5, 0.6) is 0 Å². The van der Waals surface area contributed by atoms with Crippen LogP contribution in [-0.2, 0) is 0 Å². The summed E-state index contributed by atoms with van der Waals surface area (Å²) < 4.78 is 31.2. The van der Waals surface area contributed by atoms with E-state index >= 15 is 0 Å². The minimum Gasteiger partial charge on any atom is -0.478 e. The lowest BCUT2D eigenvalue weighted by Gasteiger charge is -2.31. The molecule has 0 aliphatic carbocycles. The SMILES string of the molecule is O=C(O)c1ccccc1C1=C2C=CC=[N+]2[B-](F)(F)n2cccc21. The fourth-order valence-corrected chi connectivity index (χ4v) is 3.18. The van der Waals surface area contributed by atoms with E-state index in [9.17, 15) is 18.5 Å². The first-order valence-corrected chi connectivity index (χ1v) is 7.08. The van der Waals surface area contributed by atoms with Crippen molar-refractivity contribution in [2.24, 2.45) is 0 Å². The highest BCUT2D eigenvalue weighted by Crippen LogP contribution is 2.39. The molecule has 1 aromatic carbocycles. The molecule has 2 aromatic rings. The Morgan fingerprint density at radius 3 is 2.74 bits per heavy atom. The zero-order chi connectivity index (χ0) is 16.2. The van der Waals surface area contributed by atoms with Gasteiger partial charge in [0, 0.05) is 23.4 Å². The number of benzene rings is 1. The van der Waals surface area contributed by atoms with Crippen LogP contribution in [0.4, 0.5) is 8.63 Å². The highest BCUT2D eigenvalue weighted by Gasteiger charge is 2.51. The molecule has 0 atom stereocenters. The first-order chi connectivity index (χ1) is 11.0. The first-order valence-electron chi connectivity index (χ1n) is 7.08. The highest BCUT2D eigenvalue weighted by molar-refractivity contribution is 6.57. The second-order valence-electron chi connectivity index (χ2n) is 5.42. The number of allylic oxidation sites excluding steroid dienone is 2. The zero-order valence-corrected chi connectivity index (χ0v) is 11.9. The van der Waals surface area contributed by atoms with Crippen LogP contribution in [0.25, 0.3) is 5.57 Å². The highest BCUT2D eigenvalue weighted by atomic mass is 19.2. The molecule has 0 fully saturated rings. The van der Waals surface area contributed by atoms with E-state index in [0.717, 1.165) is 8.96 Å². The van der Waals surface area contributed by atoms with Gasteiger partial charge >= 0.3 is 12.9 Å². The Balaban J connectivity index is 2.09. The van der Waals surface area contributed by atoms with Gasteiger partial charge in [0.25, 0.3) is 0 Å². The van der Waals surface area contributed by atoms with Crippen LogP contribution in [0.2, 0.25) is 0 Å². The Labute approximate surface area is 130 Å². The van der Waals surface area contributed by atoms with Crippen LogP contribution in [0.3, 0.4) is 0 Å². The van der Waals surface area contributed by atoms with Crippen LogP contribution in [0.15, 0.2) is 60.4 Å². The molecular formula is C16H11BF2N2O2. The summed E-state index contributed by atoms with van der Waals surface area (Å²) in [6, 6.07) is 9.56. The van der Waals surface area contributed by atoms with Gasteiger partial charge in [-0.1, -0.05) is 18.2 Å². The van der Waals surface area contributed by atoms with Gasteiger partial charge in [0.2, 0.25) is 0 Å². The van der Waals surface area contributed by atoms with Gasteiger partial charge in [0.15, 0.2) is 5.70 Å². The Hall–Kier alpha value is -2.96. The van der Waals surface area contributed by atoms with Gasteiger partial charge in [-0.3, -0.25) is 0 Å². The molecule has 2 aliphatic heterocycles. The second-order valence-corrected chi connectivity index (χ2v) is 5.42. The van der Waals surface area contributed by atoms with Crippen molar-refractivity contribution in [3.63, 3.8) is 0 Å². The summed E-state index contributed by atoms with van der Waals surface area (Å²) in [5.41, 5.74) is 1.63. The number of hydrogen-bond acceptors (Lipinski definition) is 1. The number of fused-ring (bicyclic) bond motifs is 2. The van der Waals surface area contributed by atoms with Crippen molar-refractivity contribution < 1.29 is 23.0 Å². The van der Waals surface area contributed by atoms with Gasteiger partial charge in [0.1, 0.15) is 6.21 Å². The lowest BCUT2D eigenvalue weighted by Crippen LogP contribution is -2.49. The Bertz CT molecular complexity index is 941. The largest absolute Gasteiger partial charge is 0.737 e. The summed E-state index contributed by atoms with van der Waals surface area (Å²) in [7, 11) is 0. The lowest BCUT2D eigenvalue weighted by molar-refractivity contribution is -0.356. The second kappa shape index (κ2) is 4.52. The molecule has 0 bridgehead atoms. The molecule has 0 amide bonds. The van der Waals surface area contributed by atoms with Crippen molar-refractivity contribution in [2.45, 2.75) is 0 Å².